The van der Waals surface area contributed by atoms with Crippen LogP contribution in [0.3, 0.4) is 0 Å². The summed E-state index contributed by atoms with van der Waals surface area (Å²) in [6.45, 7) is 2.00. The summed E-state index contributed by atoms with van der Waals surface area (Å²) in [5.74, 6) is 0.580. The van der Waals surface area contributed by atoms with E-state index >= 15 is 0 Å². The van der Waals surface area contributed by atoms with Crippen molar-refractivity contribution in [3.05, 3.63) is 96.2 Å². The Morgan fingerprint density at radius 2 is 1.41 bits per heavy atom. The van der Waals surface area contributed by atoms with Gasteiger partial charge in [-0.3, -0.25) is 0 Å². The van der Waals surface area contributed by atoms with E-state index in [-0.39, 0.29) is 0 Å². The molecule has 27 heavy (non-hydrogen) atoms. The van der Waals surface area contributed by atoms with Crippen LogP contribution in [0.5, 0.6) is 0 Å². The molecule has 0 spiro atoms. The highest BCUT2D eigenvalue weighted by Crippen LogP contribution is 2.33. The van der Waals surface area contributed by atoms with Crippen LogP contribution in [0.25, 0.3) is 10.9 Å². The summed E-state index contributed by atoms with van der Waals surface area (Å²) in [7, 11) is -3.68. The highest BCUT2D eigenvalue weighted by atomic mass is 32.2. The van der Waals surface area contributed by atoms with Crippen molar-refractivity contribution in [3.63, 3.8) is 0 Å². The molecule has 0 amide bonds. The molecule has 0 unspecified atom stereocenters. The van der Waals surface area contributed by atoms with Crippen molar-refractivity contribution in [2.75, 3.05) is 0 Å². The van der Waals surface area contributed by atoms with Gasteiger partial charge >= 0.3 is 0 Å². The van der Waals surface area contributed by atoms with Crippen LogP contribution in [0.15, 0.2) is 94.7 Å². The quantitative estimate of drug-likeness (QED) is 0.422. The number of hydrogen-bond donors (Lipinski definition) is 0. The summed E-state index contributed by atoms with van der Waals surface area (Å²) in [5, 5.41) is 0.973. The first-order chi connectivity index (χ1) is 13.1. The maximum Gasteiger partial charge on any atom is 0.268 e. The normalized spacial score (nSPS) is 11.7. The summed E-state index contributed by atoms with van der Waals surface area (Å²) in [6.07, 6.45) is 0. The van der Waals surface area contributed by atoms with Gasteiger partial charge in [-0.1, -0.05) is 54.6 Å². The Bertz CT molecular complexity index is 1180. The molecule has 0 atom stereocenters. The van der Waals surface area contributed by atoms with Crippen molar-refractivity contribution in [3.8, 4) is 0 Å². The van der Waals surface area contributed by atoms with Gasteiger partial charge in [-0.2, -0.15) is 0 Å². The smallest absolute Gasteiger partial charge is 0.237 e. The number of para-hydroxylation sites is 1. The van der Waals surface area contributed by atoms with Crippen molar-refractivity contribution in [2.24, 2.45) is 0 Å². The molecule has 3 nitrogen and oxygen atoms in total. The molecule has 0 saturated heterocycles. The van der Waals surface area contributed by atoms with Gasteiger partial charge in [0.2, 0.25) is 0 Å². The third-order valence-electron chi connectivity index (χ3n) is 4.61. The highest BCUT2D eigenvalue weighted by Gasteiger charge is 2.25. The second-order valence-corrected chi connectivity index (χ2v) is 9.11. The number of fused-ring (bicyclic) bond motifs is 1. The van der Waals surface area contributed by atoms with Gasteiger partial charge < -0.3 is 0 Å². The number of aromatic nitrogens is 1. The fourth-order valence-corrected chi connectivity index (χ4v) is 5.93. The van der Waals surface area contributed by atoms with Gasteiger partial charge in [-0.05, 0) is 42.8 Å². The molecule has 0 radical (unpaired) electrons. The summed E-state index contributed by atoms with van der Waals surface area (Å²) in [5.41, 5.74) is 2.55. The zero-order valence-corrected chi connectivity index (χ0v) is 16.5. The van der Waals surface area contributed by atoms with Gasteiger partial charge in [-0.25, -0.2) is 12.4 Å². The van der Waals surface area contributed by atoms with E-state index in [1.807, 2.05) is 67.6 Å². The predicted octanol–water partition coefficient (Wildman–Crippen LogP) is 5.48. The molecular formula is C22H19NO2S2. The van der Waals surface area contributed by atoms with E-state index < -0.39 is 10.0 Å². The van der Waals surface area contributed by atoms with Crippen LogP contribution >= 0.6 is 11.8 Å². The molecule has 0 bridgehead atoms. The Kier molecular flexibility index (Phi) is 4.81. The van der Waals surface area contributed by atoms with Crippen molar-refractivity contribution in [1.82, 2.24) is 3.97 Å². The minimum Gasteiger partial charge on any atom is -0.237 e. The van der Waals surface area contributed by atoms with Crippen molar-refractivity contribution in [1.29, 1.82) is 0 Å². The van der Waals surface area contributed by atoms with E-state index in [0.717, 1.165) is 27.1 Å². The van der Waals surface area contributed by atoms with Crippen LogP contribution in [0.2, 0.25) is 0 Å². The highest BCUT2D eigenvalue weighted by molar-refractivity contribution is 7.98. The lowest BCUT2D eigenvalue weighted by molar-refractivity contribution is 0.587. The van der Waals surface area contributed by atoms with Crippen LogP contribution in [0, 0.1) is 6.92 Å². The maximum atomic E-state index is 13.4. The lowest BCUT2D eigenvalue weighted by atomic mass is 10.2. The SMILES string of the molecule is Cc1c(CSc2ccccc2)n(S(=O)(=O)c2ccccc2)c2ccccc12. The largest absolute Gasteiger partial charge is 0.268 e. The fourth-order valence-electron chi connectivity index (χ4n) is 3.23. The molecule has 136 valence electrons. The Morgan fingerprint density at radius 1 is 0.815 bits per heavy atom. The molecule has 0 aliphatic carbocycles. The second kappa shape index (κ2) is 7.25. The van der Waals surface area contributed by atoms with Crippen LogP contribution in [0.4, 0.5) is 0 Å². The number of thioether (sulfide) groups is 1. The Labute approximate surface area is 163 Å². The predicted molar refractivity (Wildman–Crippen MR) is 112 cm³/mol. The zero-order valence-electron chi connectivity index (χ0n) is 14.9. The van der Waals surface area contributed by atoms with E-state index in [2.05, 4.69) is 0 Å². The summed E-state index contributed by atoms with van der Waals surface area (Å²) < 4.78 is 28.4. The first-order valence-corrected chi connectivity index (χ1v) is 11.1. The molecule has 3 aromatic carbocycles. The summed E-state index contributed by atoms with van der Waals surface area (Å²) in [6, 6.07) is 26.4. The number of benzene rings is 3. The first-order valence-electron chi connectivity index (χ1n) is 8.66. The van der Waals surface area contributed by atoms with Crippen molar-refractivity contribution >= 4 is 32.7 Å². The lowest BCUT2D eigenvalue weighted by Gasteiger charge is -2.12. The summed E-state index contributed by atoms with van der Waals surface area (Å²) in [4.78, 5) is 1.42. The molecule has 5 heteroatoms. The molecule has 0 fully saturated rings. The van der Waals surface area contributed by atoms with Gasteiger partial charge in [0.05, 0.1) is 10.4 Å². The van der Waals surface area contributed by atoms with E-state index in [4.69, 9.17) is 0 Å². The molecule has 1 aromatic heterocycles. The second-order valence-electron chi connectivity index (χ2n) is 6.27. The van der Waals surface area contributed by atoms with Crippen molar-refractivity contribution < 1.29 is 8.42 Å². The van der Waals surface area contributed by atoms with Gasteiger partial charge in [0.15, 0.2) is 0 Å². The average Bonchev–Trinajstić information content (AvgIpc) is 3.00. The maximum absolute atomic E-state index is 13.4. The molecule has 1 heterocycles. The fraction of sp³-hybridized carbons (Fsp3) is 0.0909. The Hall–Kier alpha value is -2.50. The van der Waals surface area contributed by atoms with Gasteiger partial charge in [0.25, 0.3) is 10.0 Å². The third kappa shape index (κ3) is 3.29. The lowest BCUT2D eigenvalue weighted by Crippen LogP contribution is -2.15. The van der Waals surface area contributed by atoms with Crippen LogP contribution in [-0.4, -0.2) is 12.4 Å². The molecule has 4 aromatic rings. The number of hydrogen-bond acceptors (Lipinski definition) is 3. The number of rotatable bonds is 5. The molecule has 4 rings (SSSR count). The van der Waals surface area contributed by atoms with E-state index in [9.17, 15) is 8.42 Å². The first kappa shape index (κ1) is 17.9. The number of nitrogens with zero attached hydrogens (tertiary/aromatic N) is 1. The van der Waals surface area contributed by atoms with Gasteiger partial charge in [0.1, 0.15) is 0 Å². The van der Waals surface area contributed by atoms with E-state index in [1.165, 1.54) is 3.97 Å². The standard InChI is InChI=1S/C22H19NO2S2/c1-17-20-14-8-9-15-21(20)23(27(24,25)19-12-6-3-7-13-19)22(17)16-26-18-10-4-2-5-11-18/h2-15H,16H2,1H3. The minimum absolute atomic E-state index is 0.303. The molecule has 0 aliphatic rings. The minimum atomic E-state index is -3.68. The van der Waals surface area contributed by atoms with E-state index in [0.29, 0.717) is 10.6 Å². The summed E-state index contributed by atoms with van der Waals surface area (Å²) >= 11 is 1.64. The van der Waals surface area contributed by atoms with Crippen LogP contribution in [-0.2, 0) is 15.8 Å². The molecule has 0 aliphatic heterocycles. The van der Waals surface area contributed by atoms with Crippen LogP contribution in [0.1, 0.15) is 11.3 Å². The van der Waals surface area contributed by atoms with Gasteiger partial charge in [0, 0.05) is 21.7 Å². The third-order valence-corrected chi connectivity index (χ3v) is 7.39. The zero-order chi connectivity index (χ0) is 18.9. The Balaban J connectivity index is 1.88. The molecule has 0 saturated carbocycles. The van der Waals surface area contributed by atoms with E-state index in [1.54, 1.807) is 36.0 Å². The topological polar surface area (TPSA) is 39.1 Å². The number of aryl methyl sites for hydroxylation is 1. The van der Waals surface area contributed by atoms with Gasteiger partial charge in [-0.15, -0.1) is 11.8 Å². The molecular weight excluding hydrogens is 374 g/mol. The van der Waals surface area contributed by atoms with Crippen LogP contribution < -0.4 is 0 Å². The molecule has 0 N–H and O–H groups in total. The average molecular weight is 394 g/mol. The Morgan fingerprint density at radius 3 is 2.11 bits per heavy atom. The monoisotopic (exact) mass is 393 g/mol. The van der Waals surface area contributed by atoms with Crippen molar-refractivity contribution in [2.45, 2.75) is 22.5 Å².